The number of thioether (sulfide) groups is 1. The summed E-state index contributed by atoms with van der Waals surface area (Å²) < 4.78 is 28.1. The number of imidazole rings is 1. The third-order valence-corrected chi connectivity index (χ3v) is 4.66. The molecule has 0 amide bonds. The highest BCUT2D eigenvalue weighted by Gasteiger charge is 2.17. The van der Waals surface area contributed by atoms with Crippen molar-refractivity contribution in [1.82, 2.24) is 19.7 Å². The molecule has 0 unspecified atom stereocenters. The van der Waals surface area contributed by atoms with Gasteiger partial charge in [0.15, 0.2) is 4.34 Å². The van der Waals surface area contributed by atoms with Crippen LogP contribution >= 0.6 is 23.1 Å². The van der Waals surface area contributed by atoms with E-state index in [-0.39, 0.29) is 0 Å². The topological polar surface area (TPSA) is 43.6 Å². The van der Waals surface area contributed by atoms with E-state index in [2.05, 4.69) is 15.2 Å². The number of fused-ring (bicyclic) bond motifs is 1. The van der Waals surface area contributed by atoms with Gasteiger partial charge in [-0.15, -0.1) is 10.2 Å². The summed E-state index contributed by atoms with van der Waals surface area (Å²) >= 11 is 2.81. The van der Waals surface area contributed by atoms with E-state index in [0.29, 0.717) is 22.6 Å². The lowest BCUT2D eigenvalue weighted by Gasteiger charge is -2.06. The maximum atomic E-state index is 13.2. The lowest BCUT2D eigenvalue weighted by atomic mass is 10.3. The van der Waals surface area contributed by atoms with Crippen molar-refractivity contribution >= 4 is 34.1 Å². The van der Waals surface area contributed by atoms with E-state index in [1.54, 1.807) is 24.3 Å². The zero-order valence-corrected chi connectivity index (χ0v) is 12.1. The molecule has 0 aliphatic rings. The number of hydrogen-bond donors (Lipinski definition) is 0. The lowest BCUT2D eigenvalue weighted by Crippen LogP contribution is -2.03. The normalized spacial score (nSPS) is 11.6. The molecule has 2 aromatic heterocycles. The molecule has 0 bridgehead atoms. The van der Waals surface area contributed by atoms with Gasteiger partial charge in [-0.1, -0.05) is 35.2 Å². The monoisotopic (exact) mass is 312 g/mol. The van der Waals surface area contributed by atoms with Crippen LogP contribution in [0.5, 0.6) is 0 Å². The molecule has 0 atom stereocenters. The quantitative estimate of drug-likeness (QED) is 0.686. The molecule has 20 heavy (non-hydrogen) atoms. The van der Waals surface area contributed by atoms with Crippen LogP contribution < -0.4 is 0 Å². The van der Waals surface area contributed by atoms with Gasteiger partial charge in [0, 0.05) is 0 Å². The predicted molar refractivity (Wildman–Crippen MR) is 75.2 cm³/mol. The van der Waals surface area contributed by atoms with Crippen LogP contribution in [-0.2, 0) is 5.75 Å². The van der Waals surface area contributed by atoms with Crippen LogP contribution in [0, 0.1) is 6.92 Å². The second kappa shape index (κ2) is 5.45. The van der Waals surface area contributed by atoms with Crippen LogP contribution in [0.3, 0.4) is 0 Å². The van der Waals surface area contributed by atoms with E-state index in [1.165, 1.54) is 23.1 Å². The summed E-state index contributed by atoms with van der Waals surface area (Å²) in [5, 5.41) is 8.72. The first-order valence-corrected chi connectivity index (χ1v) is 7.62. The first-order chi connectivity index (χ1) is 9.65. The van der Waals surface area contributed by atoms with Crippen LogP contribution in [0.4, 0.5) is 8.78 Å². The average Bonchev–Trinajstić information content (AvgIpc) is 2.99. The van der Waals surface area contributed by atoms with Gasteiger partial charge in [-0.25, -0.2) is 4.98 Å². The van der Waals surface area contributed by atoms with E-state index in [1.807, 2.05) is 6.92 Å². The number of rotatable bonds is 4. The maximum absolute atomic E-state index is 13.2. The second-order valence-corrected chi connectivity index (χ2v) is 6.44. The number of alkyl halides is 2. The molecular formula is C12H10F2N4S2. The van der Waals surface area contributed by atoms with Crippen LogP contribution in [0.1, 0.15) is 17.4 Å². The molecule has 4 nitrogen and oxygen atoms in total. The SMILES string of the molecule is Cc1nnc(SCc2nc3ccccc3n2C(F)F)s1. The minimum atomic E-state index is -2.60. The van der Waals surface area contributed by atoms with Gasteiger partial charge in [-0.2, -0.15) is 8.78 Å². The van der Waals surface area contributed by atoms with Gasteiger partial charge in [0.05, 0.1) is 16.8 Å². The molecule has 0 saturated heterocycles. The zero-order chi connectivity index (χ0) is 14.1. The number of nitrogens with zero attached hydrogens (tertiary/aromatic N) is 4. The van der Waals surface area contributed by atoms with Crippen molar-refractivity contribution in [2.45, 2.75) is 23.6 Å². The maximum Gasteiger partial charge on any atom is 0.320 e. The van der Waals surface area contributed by atoms with Crippen LogP contribution in [-0.4, -0.2) is 19.7 Å². The van der Waals surface area contributed by atoms with E-state index < -0.39 is 6.55 Å². The third-order valence-electron chi connectivity index (χ3n) is 2.70. The van der Waals surface area contributed by atoms with Gasteiger partial charge in [-0.3, -0.25) is 4.57 Å². The Balaban J connectivity index is 1.92. The van der Waals surface area contributed by atoms with Gasteiger partial charge in [0.1, 0.15) is 10.8 Å². The molecule has 2 heterocycles. The zero-order valence-electron chi connectivity index (χ0n) is 10.5. The Bertz CT molecular complexity index is 738. The van der Waals surface area contributed by atoms with Gasteiger partial charge >= 0.3 is 6.55 Å². The summed E-state index contributed by atoms with van der Waals surface area (Å²) in [6.45, 7) is -0.745. The Kier molecular flexibility index (Phi) is 3.66. The van der Waals surface area contributed by atoms with Crippen molar-refractivity contribution in [3.63, 3.8) is 0 Å². The summed E-state index contributed by atoms with van der Waals surface area (Å²) in [5.74, 6) is 0.687. The highest BCUT2D eigenvalue weighted by molar-refractivity contribution is 8.00. The predicted octanol–water partition coefficient (Wildman–Crippen LogP) is 3.88. The Morgan fingerprint density at radius 2 is 2.10 bits per heavy atom. The smallest absolute Gasteiger partial charge is 0.269 e. The molecule has 1 aromatic carbocycles. The second-order valence-electron chi connectivity index (χ2n) is 4.04. The number of aromatic nitrogens is 4. The largest absolute Gasteiger partial charge is 0.320 e. The first-order valence-electron chi connectivity index (χ1n) is 5.82. The molecule has 0 aliphatic carbocycles. The molecule has 0 spiro atoms. The van der Waals surface area contributed by atoms with Gasteiger partial charge in [-0.05, 0) is 19.1 Å². The Labute approximate surface area is 121 Å². The summed E-state index contributed by atoms with van der Waals surface area (Å²) in [5.41, 5.74) is 1.03. The Hall–Kier alpha value is -1.54. The lowest BCUT2D eigenvalue weighted by molar-refractivity contribution is 0.0722. The third kappa shape index (κ3) is 2.53. The molecule has 0 fully saturated rings. The fourth-order valence-electron chi connectivity index (χ4n) is 1.88. The number of hydrogen-bond acceptors (Lipinski definition) is 5. The van der Waals surface area contributed by atoms with Crippen molar-refractivity contribution in [2.24, 2.45) is 0 Å². The van der Waals surface area contributed by atoms with Crippen molar-refractivity contribution in [2.75, 3.05) is 0 Å². The van der Waals surface area contributed by atoms with E-state index in [4.69, 9.17) is 0 Å². The molecular weight excluding hydrogens is 302 g/mol. The standard InChI is InChI=1S/C12H10F2N4S2/c1-7-16-17-12(20-7)19-6-10-15-8-4-2-3-5-9(8)18(10)11(13)14/h2-5,11H,6H2,1H3. The van der Waals surface area contributed by atoms with Gasteiger partial charge in [0.25, 0.3) is 0 Å². The fourth-order valence-corrected chi connectivity index (χ4v) is 3.62. The summed E-state index contributed by atoms with van der Waals surface area (Å²) in [4.78, 5) is 4.27. The van der Waals surface area contributed by atoms with Gasteiger partial charge < -0.3 is 0 Å². The Morgan fingerprint density at radius 1 is 1.30 bits per heavy atom. The minimum Gasteiger partial charge on any atom is -0.269 e. The van der Waals surface area contributed by atoms with Crippen molar-refractivity contribution < 1.29 is 8.78 Å². The van der Waals surface area contributed by atoms with Crippen LogP contribution in [0.15, 0.2) is 28.6 Å². The highest BCUT2D eigenvalue weighted by atomic mass is 32.2. The molecule has 0 N–H and O–H groups in total. The highest BCUT2D eigenvalue weighted by Crippen LogP contribution is 2.29. The van der Waals surface area contributed by atoms with E-state index >= 15 is 0 Å². The number of aryl methyl sites for hydroxylation is 1. The average molecular weight is 312 g/mol. The fraction of sp³-hybridized carbons (Fsp3) is 0.250. The molecule has 104 valence electrons. The summed E-state index contributed by atoms with van der Waals surface area (Å²) in [6.07, 6.45) is 0. The summed E-state index contributed by atoms with van der Waals surface area (Å²) in [7, 11) is 0. The van der Waals surface area contributed by atoms with Crippen molar-refractivity contribution in [3.8, 4) is 0 Å². The molecule has 0 radical (unpaired) electrons. The van der Waals surface area contributed by atoms with E-state index in [0.717, 1.165) is 13.9 Å². The molecule has 3 rings (SSSR count). The first kappa shape index (κ1) is 13.4. The van der Waals surface area contributed by atoms with Crippen molar-refractivity contribution in [1.29, 1.82) is 0 Å². The van der Waals surface area contributed by atoms with Crippen LogP contribution in [0.2, 0.25) is 0 Å². The van der Waals surface area contributed by atoms with E-state index in [9.17, 15) is 8.78 Å². The number of halogens is 2. The molecule has 3 aromatic rings. The number of para-hydroxylation sites is 2. The molecule has 8 heteroatoms. The van der Waals surface area contributed by atoms with Crippen molar-refractivity contribution in [3.05, 3.63) is 35.1 Å². The summed E-state index contributed by atoms with van der Waals surface area (Å²) in [6, 6.07) is 6.90. The Morgan fingerprint density at radius 3 is 2.80 bits per heavy atom. The molecule has 0 saturated carbocycles. The number of benzene rings is 1. The van der Waals surface area contributed by atoms with Gasteiger partial charge in [0.2, 0.25) is 0 Å². The minimum absolute atomic E-state index is 0.341. The van der Waals surface area contributed by atoms with Crippen LogP contribution in [0.25, 0.3) is 11.0 Å². The molecule has 0 aliphatic heterocycles.